The molecule has 0 radical (unpaired) electrons. The summed E-state index contributed by atoms with van der Waals surface area (Å²) in [5, 5.41) is 10.9. The van der Waals surface area contributed by atoms with Crippen LogP contribution in [0.2, 0.25) is 0 Å². The number of likely N-dealkylation sites (tertiary alicyclic amines) is 1. The average Bonchev–Trinajstić information content (AvgIpc) is 3.08. The van der Waals surface area contributed by atoms with Gasteiger partial charge in [-0.05, 0) is 37.5 Å². The van der Waals surface area contributed by atoms with Gasteiger partial charge in [0.25, 0.3) is 0 Å². The number of piperidine rings is 2. The van der Waals surface area contributed by atoms with E-state index in [1.54, 1.807) is 18.4 Å². The highest BCUT2D eigenvalue weighted by atomic mass is 32.1. The number of aromatic nitrogens is 2. The van der Waals surface area contributed by atoms with Gasteiger partial charge < -0.3 is 14.5 Å². The van der Waals surface area contributed by atoms with Gasteiger partial charge in [0.2, 0.25) is 11.0 Å². The highest BCUT2D eigenvalue weighted by molar-refractivity contribution is 7.15. The Morgan fingerprint density at radius 3 is 2.76 bits per heavy atom. The van der Waals surface area contributed by atoms with Crippen LogP contribution in [-0.2, 0) is 16.0 Å². The number of rotatable bonds is 7. The Balaban J connectivity index is 1.55. The molecule has 3 heterocycles. The van der Waals surface area contributed by atoms with Gasteiger partial charge in [0.05, 0.1) is 0 Å². The first-order chi connectivity index (χ1) is 12.2. The van der Waals surface area contributed by atoms with Gasteiger partial charge in [-0.2, -0.15) is 0 Å². The van der Waals surface area contributed by atoms with Crippen LogP contribution in [0, 0.1) is 5.41 Å². The molecule has 2 aliphatic rings. The quantitative estimate of drug-likeness (QED) is 0.695. The van der Waals surface area contributed by atoms with Crippen molar-refractivity contribution in [2.45, 2.75) is 51.9 Å². The van der Waals surface area contributed by atoms with Gasteiger partial charge in [-0.3, -0.25) is 4.79 Å². The van der Waals surface area contributed by atoms with Gasteiger partial charge in [0, 0.05) is 52.7 Å². The van der Waals surface area contributed by atoms with Crippen molar-refractivity contribution in [2.75, 3.05) is 44.8 Å². The molecule has 0 bridgehead atoms. The Kier molecular flexibility index (Phi) is 6.28. The van der Waals surface area contributed by atoms with E-state index in [4.69, 9.17) is 4.74 Å². The maximum absolute atomic E-state index is 12.2. The van der Waals surface area contributed by atoms with Crippen LogP contribution in [0.3, 0.4) is 0 Å². The van der Waals surface area contributed by atoms with Crippen molar-refractivity contribution in [3.8, 4) is 0 Å². The molecule has 0 aromatic carbocycles. The first-order valence-electron chi connectivity index (χ1n) is 9.50. The molecule has 25 heavy (non-hydrogen) atoms. The molecular weight excluding hydrogens is 336 g/mol. The predicted octanol–water partition coefficient (Wildman–Crippen LogP) is 2.74. The first kappa shape index (κ1) is 18.6. The zero-order valence-corrected chi connectivity index (χ0v) is 16.3. The fourth-order valence-electron chi connectivity index (χ4n) is 3.97. The summed E-state index contributed by atoms with van der Waals surface area (Å²) in [6.07, 6.45) is 7.09. The summed E-state index contributed by atoms with van der Waals surface area (Å²) >= 11 is 1.74. The number of ether oxygens (including phenoxy) is 1. The minimum atomic E-state index is 0.300. The fraction of sp³-hybridized carbons (Fsp3) is 0.833. The van der Waals surface area contributed by atoms with Gasteiger partial charge in [0.1, 0.15) is 5.01 Å². The molecule has 0 saturated carbocycles. The van der Waals surface area contributed by atoms with Crippen LogP contribution in [0.15, 0.2) is 0 Å². The molecule has 1 aromatic rings. The Bertz CT molecular complexity index is 569. The summed E-state index contributed by atoms with van der Waals surface area (Å²) in [7, 11) is 1.72. The number of hydrogen-bond donors (Lipinski definition) is 0. The Morgan fingerprint density at radius 2 is 2.04 bits per heavy atom. The predicted molar refractivity (Wildman–Crippen MR) is 100 cm³/mol. The van der Waals surface area contributed by atoms with Gasteiger partial charge in [-0.25, -0.2) is 0 Å². The maximum Gasteiger partial charge on any atom is 0.222 e. The van der Waals surface area contributed by atoms with Crippen molar-refractivity contribution in [1.82, 2.24) is 15.1 Å². The number of nitrogens with zero attached hydrogens (tertiary/aromatic N) is 4. The molecule has 2 saturated heterocycles. The molecule has 0 atom stereocenters. The highest BCUT2D eigenvalue weighted by Gasteiger charge is 2.41. The second kappa shape index (κ2) is 8.45. The summed E-state index contributed by atoms with van der Waals surface area (Å²) in [6, 6.07) is 0. The molecule has 0 aliphatic carbocycles. The van der Waals surface area contributed by atoms with Crippen molar-refractivity contribution in [1.29, 1.82) is 0 Å². The number of amides is 1. The molecule has 0 N–H and O–H groups in total. The van der Waals surface area contributed by atoms with Gasteiger partial charge >= 0.3 is 0 Å². The van der Waals surface area contributed by atoms with E-state index in [1.165, 1.54) is 0 Å². The Hall–Kier alpha value is -1.21. The van der Waals surface area contributed by atoms with E-state index in [2.05, 4.69) is 26.9 Å². The van der Waals surface area contributed by atoms with Crippen LogP contribution in [0.5, 0.6) is 0 Å². The van der Waals surface area contributed by atoms with Crippen molar-refractivity contribution in [3.63, 3.8) is 0 Å². The number of carbonyl (C=O) groups excluding carboxylic acids is 1. The van der Waals surface area contributed by atoms with Crippen LogP contribution >= 0.6 is 11.3 Å². The lowest BCUT2D eigenvalue weighted by Crippen LogP contribution is -2.51. The standard InChI is InChI=1S/C18H30N4O2S/c1-3-5-15-19-20-17(25-15)21-11-8-18(9-12-21)7-6-16(23)22(14-18)10-4-13-24-2/h3-14H2,1-2H3. The smallest absolute Gasteiger partial charge is 0.222 e. The van der Waals surface area contributed by atoms with Crippen LogP contribution in [0.25, 0.3) is 0 Å². The average molecular weight is 367 g/mol. The number of carbonyl (C=O) groups is 1. The van der Waals surface area contributed by atoms with Gasteiger partial charge in [0.15, 0.2) is 0 Å². The third kappa shape index (κ3) is 4.50. The third-order valence-electron chi connectivity index (χ3n) is 5.54. The van der Waals surface area contributed by atoms with Crippen LogP contribution in [-0.4, -0.2) is 60.9 Å². The summed E-state index contributed by atoms with van der Waals surface area (Å²) in [5.74, 6) is 0.317. The van der Waals surface area contributed by atoms with Crippen LogP contribution in [0.1, 0.15) is 50.5 Å². The molecule has 2 aliphatic heterocycles. The third-order valence-corrected chi connectivity index (χ3v) is 6.58. The largest absolute Gasteiger partial charge is 0.385 e. The summed E-state index contributed by atoms with van der Waals surface area (Å²) in [6.45, 7) is 6.70. The van der Waals surface area contributed by atoms with E-state index in [-0.39, 0.29) is 0 Å². The van der Waals surface area contributed by atoms with E-state index in [0.717, 1.165) is 81.5 Å². The fourth-order valence-corrected chi connectivity index (χ4v) is 4.97. The molecule has 3 rings (SSSR count). The van der Waals surface area contributed by atoms with Crippen LogP contribution in [0.4, 0.5) is 5.13 Å². The molecule has 1 amide bonds. The molecule has 2 fully saturated rings. The zero-order chi connectivity index (χ0) is 17.7. The molecule has 1 aromatic heterocycles. The summed E-state index contributed by atoms with van der Waals surface area (Å²) in [5.41, 5.74) is 0.300. The zero-order valence-electron chi connectivity index (χ0n) is 15.5. The number of hydrogen-bond acceptors (Lipinski definition) is 6. The van der Waals surface area contributed by atoms with Crippen molar-refractivity contribution >= 4 is 22.4 Å². The number of methoxy groups -OCH3 is 1. The van der Waals surface area contributed by atoms with Crippen molar-refractivity contribution in [3.05, 3.63) is 5.01 Å². The van der Waals surface area contributed by atoms with E-state index in [0.29, 0.717) is 17.7 Å². The van der Waals surface area contributed by atoms with Crippen LogP contribution < -0.4 is 4.90 Å². The first-order valence-corrected chi connectivity index (χ1v) is 10.3. The second-order valence-corrected chi connectivity index (χ2v) is 8.42. The SMILES string of the molecule is CCCc1nnc(N2CCC3(CCC(=O)N(CCCOC)C3)CC2)s1. The lowest BCUT2D eigenvalue weighted by Gasteiger charge is -2.47. The monoisotopic (exact) mass is 366 g/mol. The molecule has 1 spiro atoms. The Morgan fingerprint density at radius 1 is 1.24 bits per heavy atom. The number of aryl methyl sites for hydroxylation is 1. The number of anilines is 1. The normalized spacial score (nSPS) is 20.5. The van der Waals surface area contributed by atoms with Crippen molar-refractivity contribution in [2.24, 2.45) is 5.41 Å². The van der Waals surface area contributed by atoms with Gasteiger partial charge in [-0.15, -0.1) is 10.2 Å². The summed E-state index contributed by atoms with van der Waals surface area (Å²) < 4.78 is 5.13. The molecule has 0 unspecified atom stereocenters. The molecule has 140 valence electrons. The topological polar surface area (TPSA) is 58.6 Å². The van der Waals surface area contributed by atoms with E-state index >= 15 is 0 Å². The maximum atomic E-state index is 12.2. The molecular formula is C18H30N4O2S. The highest BCUT2D eigenvalue weighted by Crippen LogP contribution is 2.41. The lowest BCUT2D eigenvalue weighted by atomic mass is 9.72. The summed E-state index contributed by atoms with van der Waals surface area (Å²) in [4.78, 5) is 16.7. The second-order valence-electron chi connectivity index (χ2n) is 7.38. The minimum Gasteiger partial charge on any atom is -0.385 e. The minimum absolute atomic E-state index is 0.300. The Labute approximate surface area is 154 Å². The van der Waals surface area contributed by atoms with Gasteiger partial charge in [-0.1, -0.05) is 18.3 Å². The van der Waals surface area contributed by atoms with E-state index in [1.807, 2.05) is 0 Å². The molecule has 6 nitrogen and oxygen atoms in total. The van der Waals surface area contributed by atoms with E-state index < -0.39 is 0 Å². The van der Waals surface area contributed by atoms with E-state index in [9.17, 15) is 4.79 Å². The van der Waals surface area contributed by atoms with Crippen molar-refractivity contribution < 1.29 is 9.53 Å². The molecule has 7 heteroatoms. The lowest BCUT2D eigenvalue weighted by molar-refractivity contribution is -0.138.